The molecule has 0 bridgehead atoms. The first-order chi connectivity index (χ1) is 7.45. The van der Waals surface area contributed by atoms with Crippen molar-refractivity contribution in [1.29, 1.82) is 0 Å². The minimum atomic E-state index is -3.41. The van der Waals surface area contributed by atoms with Gasteiger partial charge in [-0.25, -0.2) is 18.4 Å². The fraction of sp³-hybridized carbons (Fsp3) is 0.333. The van der Waals surface area contributed by atoms with Gasteiger partial charge in [-0.15, -0.1) is 0 Å². The van der Waals surface area contributed by atoms with Crippen molar-refractivity contribution in [2.24, 2.45) is 0 Å². The van der Waals surface area contributed by atoms with Gasteiger partial charge in [0.25, 0.3) is 0 Å². The van der Waals surface area contributed by atoms with Crippen molar-refractivity contribution in [2.75, 3.05) is 6.26 Å². The van der Waals surface area contributed by atoms with Gasteiger partial charge in [0.05, 0.1) is 11.8 Å². The van der Waals surface area contributed by atoms with Crippen LogP contribution >= 0.6 is 11.6 Å². The van der Waals surface area contributed by atoms with Crippen LogP contribution in [-0.4, -0.2) is 29.6 Å². The Balaban J connectivity index is 2.94. The molecule has 7 heteroatoms. The van der Waals surface area contributed by atoms with Gasteiger partial charge in [0, 0.05) is 11.8 Å². The van der Waals surface area contributed by atoms with Crippen LogP contribution in [0.4, 0.5) is 0 Å². The molecule has 0 atom stereocenters. The predicted molar refractivity (Wildman–Crippen MR) is 61.4 cm³/mol. The number of aromatic nitrogens is 3. The van der Waals surface area contributed by atoms with E-state index in [1.54, 1.807) is 0 Å². The highest BCUT2D eigenvalue weighted by Crippen LogP contribution is 2.27. The Morgan fingerprint density at radius 3 is 2.75 bits per heavy atom. The summed E-state index contributed by atoms with van der Waals surface area (Å²) in [6.07, 6.45) is 3.19. The number of H-pyrrole nitrogens is 1. The molecule has 0 fully saturated rings. The summed E-state index contributed by atoms with van der Waals surface area (Å²) < 4.78 is 23.1. The zero-order valence-corrected chi connectivity index (χ0v) is 10.4. The number of halogens is 1. The molecular formula is C9H10ClN3O2S. The van der Waals surface area contributed by atoms with Gasteiger partial charge in [-0.2, -0.15) is 0 Å². The van der Waals surface area contributed by atoms with Gasteiger partial charge in [0.1, 0.15) is 10.7 Å². The van der Waals surface area contributed by atoms with Crippen LogP contribution in [0.1, 0.15) is 12.5 Å². The van der Waals surface area contributed by atoms with Gasteiger partial charge in [-0.1, -0.05) is 18.5 Å². The molecule has 2 rings (SSSR count). The lowest BCUT2D eigenvalue weighted by molar-refractivity contribution is 0.599. The molecule has 0 aliphatic heterocycles. The zero-order valence-electron chi connectivity index (χ0n) is 8.78. The molecule has 16 heavy (non-hydrogen) atoms. The van der Waals surface area contributed by atoms with E-state index in [0.29, 0.717) is 17.5 Å². The molecule has 5 nitrogen and oxygen atoms in total. The second-order valence-corrected chi connectivity index (χ2v) is 5.73. The number of imidazole rings is 1. The summed E-state index contributed by atoms with van der Waals surface area (Å²) in [6, 6.07) is 0. The van der Waals surface area contributed by atoms with Crippen molar-refractivity contribution in [3.63, 3.8) is 0 Å². The molecule has 0 aliphatic carbocycles. The fourth-order valence-corrected chi connectivity index (χ4v) is 2.72. The van der Waals surface area contributed by atoms with Crippen LogP contribution in [0.2, 0.25) is 5.15 Å². The largest absolute Gasteiger partial charge is 0.342 e. The number of aromatic amines is 1. The molecule has 0 aromatic carbocycles. The van der Waals surface area contributed by atoms with Crippen molar-refractivity contribution in [3.8, 4) is 0 Å². The van der Waals surface area contributed by atoms with Crippen LogP contribution in [0, 0.1) is 0 Å². The lowest BCUT2D eigenvalue weighted by atomic mass is 10.2. The van der Waals surface area contributed by atoms with Crippen molar-refractivity contribution in [1.82, 2.24) is 15.0 Å². The third-order valence-electron chi connectivity index (χ3n) is 2.29. The smallest absolute Gasteiger partial charge is 0.195 e. The maximum atomic E-state index is 11.5. The van der Waals surface area contributed by atoms with E-state index in [-0.39, 0.29) is 10.2 Å². The Labute approximate surface area is 97.8 Å². The second-order valence-electron chi connectivity index (χ2n) is 3.44. The monoisotopic (exact) mass is 259 g/mol. The molecule has 1 N–H and O–H groups in total. The maximum Gasteiger partial charge on any atom is 0.195 e. The third kappa shape index (κ3) is 1.68. The number of hydrogen-bond donors (Lipinski definition) is 1. The van der Waals surface area contributed by atoms with Crippen LogP contribution in [0.15, 0.2) is 11.4 Å². The Kier molecular flexibility index (Phi) is 2.63. The van der Waals surface area contributed by atoms with Crippen LogP contribution in [-0.2, 0) is 16.3 Å². The third-order valence-corrected chi connectivity index (χ3v) is 3.60. The second kappa shape index (κ2) is 3.71. The Morgan fingerprint density at radius 1 is 1.50 bits per heavy atom. The number of rotatable bonds is 2. The minimum absolute atomic E-state index is 0.0535. The van der Waals surface area contributed by atoms with Crippen LogP contribution < -0.4 is 0 Å². The van der Waals surface area contributed by atoms with Gasteiger partial charge in [0.2, 0.25) is 0 Å². The van der Waals surface area contributed by atoms with E-state index in [9.17, 15) is 8.42 Å². The molecule has 0 unspecified atom stereocenters. The van der Waals surface area contributed by atoms with Gasteiger partial charge in [-0.05, 0) is 6.42 Å². The summed E-state index contributed by atoms with van der Waals surface area (Å²) in [5.74, 6) is 0. The highest BCUT2D eigenvalue weighted by molar-refractivity contribution is 7.90. The number of aryl methyl sites for hydroxylation is 1. The number of pyridine rings is 1. The van der Waals surface area contributed by atoms with Crippen LogP contribution in [0.5, 0.6) is 0 Å². The number of sulfone groups is 1. The molecule has 0 aliphatic rings. The van der Waals surface area contributed by atoms with Crippen molar-refractivity contribution in [2.45, 2.75) is 18.4 Å². The summed E-state index contributed by atoms with van der Waals surface area (Å²) >= 11 is 5.94. The highest BCUT2D eigenvalue weighted by atomic mass is 35.5. The molecule has 2 heterocycles. The molecule has 0 saturated carbocycles. The molecule has 0 radical (unpaired) electrons. The van der Waals surface area contributed by atoms with E-state index in [1.165, 1.54) is 6.33 Å². The first-order valence-electron chi connectivity index (χ1n) is 4.66. The normalized spacial score (nSPS) is 12.2. The summed E-state index contributed by atoms with van der Waals surface area (Å²) in [5.41, 5.74) is 1.75. The molecule has 0 spiro atoms. The van der Waals surface area contributed by atoms with E-state index in [4.69, 9.17) is 11.6 Å². The number of fused-ring (bicyclic) bond motifs is 1. The van der Waals surface area contributed by atoms with Crippen LogP contribution in [0.3, 0.4) is 0 Å². The summed E-state index contributed by atoms with van der Waals surface area (Å²) in [4.78, 5) is 10.8. The molecule has 2 aromatic heterocycles. The fourth-order valence-electron chi connectivity index (χ4n) is 1.58. The average molecular weight is 260 g/mol. The zero-order chi connectivity index (χ0) is 11.9. The quantitative estimate of drug-likeness (QED) is 0.831. The first kappa shape index (κ1) is 11.3. The molecule has 86 valence electrons. The summed E-state index contributed by atoms with van der Waals surface area (Å²) in [6.45, 7) is 1.91. The lowest BCUT2D eigenvalue weighted by Gasteiger charge is -2.05. The lowest BCUT2D eigenvalue weighted by Crippen LogP contribution is -2.04. The molecule has 2 aromatic rings. The van der Waals surface area contributed by atoms with E-state index in [1.807, 2.05) is 6.92 Å². The van der Waals surface area contributed by atoms with E-state index in [2.05, 4.69) is 15.0 Å². The molecule has 0 saturated heterocycles. The Morgan fingerprint density at radius 2 is 2.19 bits per heavy atom. The Hall–Kier alpha value is -1.14. The summed E-state index contributed by atoms with van der Waals surface area (Å²) in [7, 11) is -3.41. The SMILES string of the molecule is CCc1c(Cl)nc(S(C)(=O)=O)c2[nH]cnc12. The first-order valence-corrected chi connectivity index (χ1v) is 6.93. The average Bonchev–Trinajstić information content (AvgIpc) is 2.63. The predicted octanol–water partition coefficient (Wildman–Crippen LogP) is 1.58. The van der Waals surface area contributed by atoms with Gasteiger partial charge in [0.15, 0.2) is 14.9 Å². The molecule has 0 amide bonds. The van der Waals surface area contributed by atoms with Gasteiger partial charge >= 0.3 is 0 Å². The van der Waals surface area contributed by atoms with Gasteiger partial charge in [-0.3, -0.25) is 0 Å². The van der Waals surface area contributed by atoms with Crippen molar-refractivity contribution >= 4 is 32.5 Å². The standard InChI is InChI=1S/C9H10ClN3O2S/c1-3-5-6-7(12-4-11-6)9(13-8(5)10)16(2,14)15/h4H,3H2,1-2H3,(H,11,12). The van der Waals surface area contributed by atoms with E-state index in [0.717, 1.165) is 11.8 Å². The minimum Gasteiger partial charge on any atom is -0.342 e. The highest BCUT2D eigenvalue weighted by Gasteiger charge is 2.20. The van der Waals surface area contributed by atoms with Crippen molar-refractivity contribution in [3.05, 3.63) is 17.0 Å². The number of hydrogen-bond acceptors (Lipinski definition) is 4. The summed E-state index contributed by atoms with van der Waals surface area (Å²) in [5, 5.41) is 0.143. The Bertz CT molecular complexity index is 648. The van der Waals surface area contributed by atoms with Crippen LogP contribution in [0.25, 0.3) is 11.0 Å². The topological polar surface area (TPSA) is 75.7 Å². The van der Waals surface area contributed by atoms with Gasteiger partial charge < -0.3 is 4.98 Å². The maximum absolute atomic E-state index is 11.5. The van der Waals surface area contributed by atoms with E-state index >= 15 is 0 Å². The number of nitrogens with one attached hydrogen (secondary N) is 1. The number of nitrogens with zero attached hydrogens (tertiary/aromatic N) is 2. The van der Waals surface area contributed by atoms with E-state index < -0.39 is 9.84 Å². The van der Waals surface area contributed by atoms with Crippen molar-refractivity contribution < 1.29 is 8.42 Å². The molecular weight excluding hydrogens is 250 g/mol.